The first-order valence-electron chi connectivity index (χ1n) is 13.7. The zero-order valence-electron chi connectivity index (χ0n) is 22.5. The molecule has 5 nitrogen and oxygen atoms in total. The molecular weight excluding hydrogens is 459 g/mol. The van der Waals surface area contributed by atoms with E-state index in [-0.39, 0.29) is 35.0 Å². The van der Waals surface area contributed by atoms with Gasteiger partial charge in [-0.25, -0.2) is 8.42 Å². The van der Waals surface area contributed by atoms with E-state index in [1.54, 1.807) is 0 Å². The van der Waals surface area contributed by atoms with Crippen molar-refractivity contribution in [1.82, 2.24) is 0 Å². The van der Waals surface area contributed by atoms with E-state index < -0.39 is 22.6 Å². The van der Waals surface area contributed by atoms with Gasteiger partial charge in [-0.1, -0.05) is 53.9 Å². The molecule has 7 heteroatoms. The standard InChI is InChI=1S/C27H48O5S.Na/c1-17(2)7-6-8-18(3)21-11-12-22-20-10-9-19-15-24(28)25(32-33(29,30)31)16-27(19,5)23(20)13-14-26(21,22)4;/h17-25,28H,6-16H2,1-5H3,(H,29,30,31);/q;+1/p-1/t18-,19+,20+,21-,22+,23+,24+,25+,26-,27+;/m1./s1. The number of aliphatic hydroxyl groups excluding tert-OH is 1. The molecule has 0 aromatic rings. The molecule has 4 saturated carbocycles. The fourth-order valence-corrected chi connectivity index (χ4v) is 10.0. The average Bonchev–Trinajstić information content (AvgIpc) is 3.05. The van der Waals surface area contributed by atoms with Gasteiger partial charge in [0.1, 0.15) is 6.10 Å². The second kappa shape index (κ2) is 10.9. The second-order valence-corrected chi connectivity index (χ2v) is 14.2. The van der Waals surface area contributed by atoms with Crippen LogP contribution in [0.15, 0.2) is 0 Å². The zero-order valence-corrected chi connectivity index (χ0v) is 25.3. The van der Waals surface area contributed by atoms with Crippen molar-refractivity contribution >= 4 is 10.4 Å². The van der Waals surface area contributed by atoms with Crippen molar-refractivity contribution < 1.29 is 51.8 Å². The molecule has 0 aromatic carbocycles. The molecule has 0 aliphatic heterocycles. The van der Waals surface area contributed by atoms with Gasteiger partial charge >= 0.3 is 29.6 Å². The monoisotopic (exact) mass is 506 g/mol. The van der Waals surface area contributed by atoms with E-state index in [0.717, 1.165) is 30.1 Å². The van der Waals surface area contributed by atoms with Crippen LogP contribution in [0.25, 0.3) is 0 Å². The summed E-state index contributed by atoms with van der Waals surface area (Å²) in [4.78, 5) is 0. The number of rotatable bonds is 7. The summed E-state index contributed by atoms with van der Waals surface area (Å²) in [5, 5.41) is 10.5. The summed E-state index contributed by atoms with van der Waals surface area (Å²) in [6.07, 6.45) is 10.8. The van der Waals surface area contributed by atoms with Crippen molar-refractivity contribution in [3.63, 3.8) is 0 Å². The van der Waals surface area contributed by atoms with Gasteiger partial charge in [0.05, 0.1) is 6.10 Å². The first-order chi connectivity index (χ1) is 15.3. The molecule has 0 unspecified atom stereocenters. The Balaban J connectivity index is 0.00000324. The molecule has 4 aliphatic rings. The van der Waals surface area contributed by atoms with Crippen molar-refractivity contribution in [3.8, 4) is 0 Å². The van der Waals surface area contributed by atoms with Gasteiger partial charge < -0.3 is 9.66 Å². The fourth-order valence-electron chi connectivity index (χ4n) is 9.53. The number of hydrogen-bond acceptors (Lipinski definition) is 5. The van der Waals surface area contributed by atoms with Gasteiger partial charge in [0.2, 0.25) is 10.4 Å². The summed E-state index contributed by atoms with van der Waals surface area (Å²) in [6, 6.07) is 0. The van der Waals surface area contributed by atoms with Gasteiger partial charge in [-0.15, -0.1) is 0 Å². The van der Waals surface area contributed by atoms with E-state index in [1.807, 2.05) is 0 Å². The Morgan fingerprint density at radius 2 is 1.68 bits per heavy atom. The molecule has 1 N–H and O–H groups in total. The van der Waals surface area contributed by atoms with Crippen LogP contribution in [0.2, 0.25) is 0 Å². The topological polar surface area (TPSA) is 86.7 Å². The molecule has 0 heterocycles. The van der Waals surface area contributed by atoms with Crippen LogP contribution in [-0.4, -0.2) is 30.3 Å². The maximum Gasteiger partial charge on any atom is 1.00 e. The van der Waals surface area contributed by atoms with Gasteiger partial charge in [-0.2, -0.15) is 0 Å². The van der Waals surface area contributed by atoms with Gasteiger partial charge in [-0.05, 0) is 104 Å². The van der Waals surface area contributed by atoms with E-state index in [1.165, 1.54) is 51.4 Å². The minimum absolute atomic E-state index is 0. The van der Waals surface area contributed by atoms with Crippen LogP contribution in [-0.2, 0) is 14.6 Å². The third-order valence-corrected chi connectivity index (χ3v) is 11.6. The predicted octanol–water partition coefficient (Wildman–Crippen LogP) is 2.93. The fraction of sp³-hybridized carbons (Fsp3) is 1.00. The quantitative estimate of drug-likeness (QED) is 0.326. The first-order valence-corrected chi connectivity index (χ1v) is 15.0. The van der Waals surface area contributed by atoms with Crippen LogP contribution < -0.4 is 29.6 Å². The molecule has 4 rings (SSSR count). The largest absolute Gasteiger partial charge is 1.00 e. The second-order valence-electron chi connectivity index (χ2n) is 13.2. The van der Waals surface area contributed by atoms with Crippen LogP contribution in [0.4, 0.5) is 0 Å². The number of aliphatic hydroxyl groups is 1. The predicted molar refractivity (Wildman–Crippen MR) is 129 cm³/mol. The van der Waals surface area contributed by atoms with Crippen molar-refractivity contribution in [3.05, 3.63) is 0 Å². The Kier molecular flexibility index (Phi) is 9.42. The van der Waals surface area contributed by atoms with Crippen LogP contribution in [0.1, 0.15) is 105 Å². The molecule has 34 heavy (non-hydrogen) atoms. The smallest absolute Gasteiger partial charge is 0.726 e. The van der Waals surface area contributed by atoms with E-state index in [2.05, 4.69) is 34.6 Å². The summed E-state index contributed by atoms with van der Waals surface area (Å²) in [6.45, 7) is 12.0. The molecule has 0 aromatic heterocycles. The van der Waals surface area contributed by atoms with Crippen molar-refractivity contribution in [1.29, 1.82) is 0 Å². The third-order valence-electron chi connectivity index (χ3n) is 11.1. The molecule has 0 amide bonds. The van der Waals surface area contributed by atoms with Crippen molar-refractivity contribution in [2.45, 2.75) is 117 Å². The minimum Gasteiger partial charge on any atom is -0.726 e. The van der Waals surface area contributed by atoms with E-state index in [0.29, 0.717) is 36.0 Å². The Labute approximate surface area is 230 Å². The maximum absolute atomic E-state index is 11.3. The minimum atomic E-state index is -4.81. The molecule has 4 aliphatic carbocycles. The van der Waals surface area contributed by atoms with Crippen LogP contribution >= 0.6 is 0 Å². The van der Waals surface area contributed by atoms with Crippen LogP contribution in [0.5, 0.6) is 0 Å². The normalized spacial score (nSPS) is 45.1. The molecular formula is C27H47NaO5S. The molecule has 10 atom stereocenters. The molecule has 0 saturated heterocycles. The maximum atomic E-state index is 11.3. The van der Waals surface area contributed by atoms with Crippen molar-refractivity contribution in [2.75, 3.05) is 0 Å². The van der Waals surface area contributed by atoms with Crippen LogP contribution in [0.3, 0.4) is 0 Å². The molecule has 0 spiro atoms. The average molecular weight is 507 g/mol. The first kappa shape index (κ1) is 29.4. The van der Waals surface area contributed by atoms with Crippen molar-refractivity contribution in [2.24, 2.45) is 52.3 Å². The summed E-state index contributed by atoms with van der Waals surface area (Å²) >= 11 is 0. The number of hydrogen-bond donors (Lipinski definition) is 1. The van der Waals surface area contributed by atoms with Gasteiger partial charge in [0.15, 0.2) is 0 Å². The van der Waals surface area contributed by atoms with Gasteiger partial charge in [-0.3, -0.25) is 4.18 Å². The molecule has 0 radical (unpaired) electrons. The van der Waals surface area contributed by atoms with E-state index in [4.69, 9.17) is 4.18 Å². The Morgan fingerprint density at radius 3 is 2.32 bits per heavy atom. The Morgan fingerprint density at radius 1 is 1.00 bits per heavy atom. The summed E-state index contributed by atoms with van der Waals surface area (Å²) in [7, 11) is -4.81. The Bertz CT molecular complexity index is 803. The van der Waals surface area contributed by atoms with E-state index >= 15 is 0 Å². The van der Waals surface area contributed by atoms with Crippen LogP contribution in [0, 0.1) is 52.3 Å². The molecule has 192 valence electrons. The van der Waals surface area contributed by atoms with Gasteiger partial charge in [0, 0.05) is 0 Å². The van der Waals surface area contributed by atoms with Gasteiger partial charge in [0.25, 0.3) is 0 Å². The van der Waals surface area contributed by atoms with E-state index in [9.17, 15) is 18.1 Å². The molecule has 0 bridgehead atoms. The summed E-state index contributed by atoms with van der Waals surface area (Å²) in [5.74, 6) is 4.74. The summed E-state index contributed by atoms with van der Waals surface area (Å²) < 4.78 is 38.8. The third kappa shape index (κ3) is 5.63. The number of fused-ring (bicyclic) bond motifs is 5. The Hall–Kier alpha value is 0.830. The summed E-state index contributed by atoms with van der Waals surface area (Å²) in [5.41, 5.74) is 0.365. The zero-order chi connectivity index (χ0) is 24.2. The molecule has 4 fully saturated rings. The SMILES string of the molecule is CC(C)CCC[C@@H](C)[C@H]1CC[C@H]2[C@@H]3CC[C@H]4C[C@H](O)[C@@H](OS(=O)(=O)[O-])C[C@]4(C)[C@H]3CC[C@]12C.[Na+].